The van der Waals surface area contributed by atoms with Crippen molar-refractivity contribution in [3.8, 4) is 11.5 Å². The van der Waals surface area contributed by atoms with Crippen LogP contribution < -0.4 is 14.4 Å². The Kier molecular flexibility index (Phi) is 8.07. The van der Waals surface area contributed by atoms with Crippen molar-refractivity contribution in [2.45, 2.75) is 16.9 Å². The van der Waals surface area contributed by atoms with E-state index in [1.807, 2.05) is 35.4 Å². The number of ether oxygens (including phenoxy) is 2. The second kappa shape index (κ2) is 11.7. The summed E-state index contributed by atoms with van der Waals surface area (Å²) in [7, 11) is 4.79. The molecule has 3 aromatic rings. The molecule has 0 aliphatic carbocycles. The first kappa shape index (κ1) is 28.3. The molecule has 41 heavy (non-hydrogen) atoms. The van der Waals surface area contributed by atoms with Crippen LogP contribution in [0.1, 0.15) is 33.4 Å². The third-order valence-corrected chi connectivity index (χ3v) is 8.66. The number of rotatable bonds is 7. The van der Waals surface area contributed by atoms with Gasteiger partial charge in [-0.05, 0) is 53.8 Å². The van der Waals surface area contributed by atoms with Gasteiger partial charge in [0.1, 0.15) is 0 Å². The standard InChI is InChI=1S/C30H32N4O6S/c1-31-28(19-5-11-22(41-4)12-6-19)27(23-17-25(39-2)26(40-3)18-24(23)29(31)35)30(36)33-15-13-32(14-16-33)20-7-9-21(10-8-20)34(37)38/h5-12,17-18,27-28H,13-16H2,1-4H3. The maximum atomic E-state index is 14.4. The Hall–Kier alpha value is -4.25. The summed E-state index contributed by atoms with van der Waals surface area (Å²) in [6.45, 7) is 2.11. The zero-order valence-electron chi connectivity index (χ0n) is 23.4. The number of hydrogen-bond donors (Lipinski definition) is 0. The van der Waals surface area contributed by atoms with Crippen molar-refractivity contribution in [3.63, 3.8) is 0 Å². The number of nitro groups is 1. The van der Waals surface area contributed by atoms with Gasteiger partial charge in [0.05, 0.1) is 31.1 Å². The summed E-state index contributed by atoms with van der Waals surface area (Å²) >= 11 is 1.63. The Morgan fingerprint density at radius 1 is 0.951 bits per heavy atom. The lowest BCUT2D eigenvalue weighted by molar-refractivity contribution is -0.384. The van der Waals surface area contributed by atoms with Crippen molar-refractivity contribution in [2.75, 3.05) is 58.6 Å². The van der Waals surface area contributed by atoms with Gasteiger partial charge in [0.15, 0.2) is 11.5 Å². The molecule has 11 heteroatoms. The molecule has 2 unspecified atom stereocenters. The zero-order valence-corrected chi connectivity index (χ0v) is 24.2. The van der Waals surface area contributed by atoms with E-state index in [0.29, 0.717) is 48.8 Å². The van der Waals surface area contributed by atoms with E-state index < -0.39 is 16.9 Å². The van der Waals surface area contributed by atoms with E-state index in [2.05, 4.69) is 4.90 Å². The topological polar surface area (TPSA) is 105 Å². The van der Waals surface area contributed by atoms with Gasteiger partial charge in [-0.1, -0.05) is 12.1 Å². The average molecular weight is 577 g/mol. The summed E-state index contributed by atoms with van der Waals surface area (Å²) in [5.74, 6) is -0.0230. The Morgan fingerprint density at radius 2 is 1.56 bits per heavy atom. The maximum Gasteiger partial charge on any atom is 0.269 e. The summed E-state index contributed by atoms with van der Waals surface area (Å²) in [6, 6.07) is 17.4. The number of nitrogens with zero attached hydrogens (tertiary/aromatic N) is 4. The minimum atomic E-state index is -0.654. The number of benzene rings is 3. The van der Waals surface area contributed by atoms with Gasteiger partial charge in [-0.25, -0.2) is 0 Å². The van der Waals surface area contributed by atoms with E-state index >= 15 is 0 Å². The second-order valence-electron chi connectivity index (χ2n) is 9.99. The molecule has 2 aliphatic rings. The maximum absolute atomic E-state index is 14.4. The van der Waals surface area contributed by atoms with Gasteiger partial charge >= 0.3 is 0 Å². The quantitative estimate of drug-likeness (QED) is 0.228. The molecule has 0 bridgehead atoms. The van der Waals surface area contributed by atoms with Gasteiger partial charge in [-0.2, -0.15) is 0 Å². The minimum Gasteiger partial charge on any atom is -0.493 e. The molecule has 0 saturated carbocycles. The lowest BCUT2D eigenvalue weighted by Crippen LogP contribution is -2.53. The first-order chi connectivity index (χ1) is 19.8. The van der Waals surface area contributed by atoms with Crippen molar-refractivity contribution in [1.82, 2.24) is 9.80 Å². The van der Waals surface area contributed by atoms with Crippen LogP contribution in [0.2, 0.25) is 0 Å². The zero-order chi connectivity index (χ0) is 29.3. The molecule has 2 heterocycles. The fourth-order valence-electron chi connectivity index (χ4n) is 5.70. The molecule has 0 spiro atoms. The average Bonchev–Trinajstić information content (AvgIpc) is 3.01. The second-order valence-corrected chi connectivity index (χ2v) is 10.9. The molecule has 0 N–H and O–H groups in total. The molecule has 2 atom stereocenters. The van der Waals surface area contributed by atoms with Crippen molar-refractivity contribution in [1.29, 1.82) is 0 Å². The SMILES string of the molecule is COc1cc2c(cc1OC)C(C(=O)N1CCN(c3ccc([N+](=O)[O-])cc3)CC1)C(c1ccc(SC)cc1)N(C)C2=O. The Bertz CT molecular complexity index is 1460. The largest absolute Gasteiger partial charge is 0.493 e. The first-order valence-corrected chi connectivity index (χ1v) is 14.4. The van der Waals surface area contributed by atoms with Gasteiger partial charge in [0.25, 0.3) is 11.6 Å². The fourth-order valence-corrected chi connectivity index (χ4v) is 6.11. The van der Waals surface area contributed by atoms with Crippen LogP contribution in [-0.2, 0) is 4.79 Å². The molecule has 2 aliphatic heterocycles. The number of amides is 2. The number of hydrogen-bond acceptors (Lipinski definition) is 8. The highest BCUT2D eigenvalue weighted by atomic mass is 32.2. The van der Waals surface area contributed by atoms with E-state index in [9.17, 15) is 19.7 Å². The number of carbonyl (C=O) groups is 2. The van der Waals surface area contributed by atoms with E-state index in [-0.39, 0.29) is 17.5 Å². The highest BCUT2D eigenvalue weighted by molar-refractivity contribution is 7.98. The highest BCUT2D eigenvalue weighted by Gasteiger charge is 2.45. The normalized spacial score (nSPS) is 18.6. The molecule has 2 amide bonds. The summed E-state index contributed by atoms with van der Waals surface area (Å²) in [5.41, 5.74) is 2.83. The van der Waals surface area contributed by atoms with Gasteiger partial charge in [0, 0.05) is 61.5 Å². The summed E-state index contributed by atoms with van der Waals surface area (Å²) in [4.78, 5) is 45.4. The van der Waals surface area contributed by atoms with Crippen LogP contribution >= 0.6 is 11.8 Å². The number of fused-ring (bicyclic) bond motifs is 1. The van der Waals surface area contributed by atoms with Crippen LogP contribution in [0.3, 0.4) is 0 Å². The predicted octanol–water partition coefficient (Wildman–Crippen LogP) is 4.59. The lowest BCUT2D eigenvalue weighted by atomic mass is 9.78. The van der Waals surface area contributed by atoms with Gasteiger partial charge in [-0.3, -0.25) is 19.7 Å². The summed E-state index contributed by atoms with van der Waals surface area (Å²) in [6.07, 6.45) is 2.00. The Balaban J connectivity index is 1.49. The van der Waals surface area contributed by atoms with Crippen LogP contribution in [0.4, 0.5) is 11.4 Å². The number of likely N-dealkylation sites (N-methyl/N-ethyl adjacent to an activating group) is 1. The smallest absolute Gasteiger partial charge is 0.269 e. The van der Waals surface area contributed by atoms with Crippen LogP contribution in [0.25, 0.3) is 0 Å². The summed E-state index contributed by atoms with van der Waals surface area (Å²) in [5, 5.41) is 11.0. The molecule has 0 aromatic heterocycles. The minimum absolute atomic E-state index is 0.0425. The van der Waals surface area contributed by atoms with Crippen molar-refractivity contribution < 1.29 is 24.0 Å². The predicted molar refractivity (Wildman–Crippen MR) is 157 cm³/mol. The van der Waals surface area contributed by atoms with E-state index in [0.717, 1.165) is 16.1 Å². The Labute approximate surface area is 243 Å². The molecule has 3 aromatic carbocycles. The number of carbonyl (C=O) groups excluding carboxylic acids is 2. The van der Waals surface area contributed by atoms with Gasteiger partial charge in [-0.15, -0.1) is 11.8 Å². The number of non-ortho nitro benzene ring substituents is 1. The number of thioether (sulfide) groups is 1. The number of anilines is 1. The van der Waals surface area contributed by atoms with Gasteiger partial charge < -0.3 is 24.2 Å². The third kappa shape index (κ3) is 5.29. The number of piperazine rings is 1. The van der Waals surface area contributed by atoms with Crippen LogP contribution in [0, 0.1) is 10.1 Å². The number of methoxy groups -OCH3 is 2. The summed E-state index contributed by atoms with van der Waals surface area (Å²) < 4.78 is 11.0. The molecule has 0 radical (unpaired) electrons. The van der Waals surface area contributed by atoms with Gasteiger partial charge in [0.2, 0.25) is 5.91 Å². The fraction of sp³-hybridized carbons (Fsp3) is 0.333. The van der Waals surface area contributed by atoms with Crippen molar-refractivity contribution in [3.05, 3.63) is 87.5 Å². The molecule has 1 saturated heterocycles. The first-order valence-electron chi connectivity index (χ1n) is 13.2. The molecule has 1 fully saturated rings. The molecular formula is C30H32N4O6S. The van der Waals surface area contributed by atoms with E-state index in [1.165, 1.54) is 26.4 Å². The van der Waals surface area contributed by atoms with Crippen molar-refractivity contribution in [2.24, 2.45) is 0 Å². The molecule has 10 nitrogen and oxygen atoms in total. The van der Waals surface area contributed by atoms with Crippen LogP contribution in [0.15, 0.2) is 65.6 Å². The van der Waals surface area contributed by atoms with Crippen LogP contribution in [0.5, 0.6) is 11.5 Å². The van der Waals surface area contributed by atoms with E-state index in [1.54, 1.807) is 48.0 Å². The number of nitro benzene ring substituents is 1. The molecule has 214 valence electrons. The van der Waals surface area contributed by atoms with Crippen molar-refractivity contribution >= 4 is 35.0 Å². The van der Waals surface area contributed by atoms with Crippen LogP contribution in [-0.4, -0.2) is 80.2 Å². The monoisotopic (exact) mass is 576 g/mol. The third-order valence-electron chi connectivity index (χ3n) is 7.91. The van der Waals surface area contributed by atoms with E-state index in [4.69, 9.17) is 9.47 Å². The highest BCUT2D eigenvalue weighted by Crippen LogP contribution is 2.46. The molecule has 5 rings (SSSR count). The molecular weight excluding hydrogens is 544 g/mol. The lowest BCUT2D eigenvalue weighted by Gasteiger charge is -2.43. The Morgan fingerprint density at radius 3 is 2.12 bits per heavy atom.